The van der Waals surface area contributed by atoms with Crippen molar-refractivity contribution < 1.29 is 33.9 Å². The fourth-order valence-corrected chi connectivity index (χ4v) is 4.60. The summed E-state index contributed by atoms with van der Waals surface area (Å²) in [5.74, 6) is -2.70. The van der Waals surface area contributed by atoms with Crippen molar-refractivity contribution in [3.8, 4) is 0 Å². The molecule has 0 aromatic carbocycles. The van der Waals surface area contributed by atoms with Crippen molar-refractivity contribution in [3.05, 3.63) is 33.3 Å². The molecule has 0 spiro atoms. The standard InChI is InChI=1S/C17H19N5O8S/c1-8-11(22(28)29)5-18-20(8)4-3-12(24)19-13-15(25)21-14(17(26)27)10(6-30-9(2)23)7-31-16(13)21/h5,13,16H,3-4,6-7H2,1-2H3,(H,19,24)(H,26,27)/t13-,16-/m0/s1. The van der Waals surface area contributed by atoms with Crippen molar-refractivity contribution in [1.29, 1.82) is 0 Å². The predicted molar refractivity (Wildman–Crippen MR) is 105 cm³/mol. The number of esters is 1. The molecule has 13 nitrogen and oxygen atoms in total. The molecule has 2 N–H and O–H groups in total. The van der Waals surface area contributed by atoms with E-state index in [1.165, 1.54) is 30.3 Å². The van der Waals surface area contributed by atoms with Crippen LogP contribution in [0.3, 0.4) is 0 Å². The first-order valence-electron chi connectivity index (χ1n) is 9.11. The maximum atomic E-state index is 12.5. The average molecular weight is 453 g/mol. The van der Waals surface area contributed by atoms with E-state index in [2.05, 4.69) is 10.4 Å². The highest BCUT2D eigenvalue weighted by atomic mass is 32.2. The molecule has 0 radical (unpaired) electrons. The molecule has 0 aliphatic carbocycles. The molecule has 3 rings (SSSR count). The molecule has 1 saturated heterocycles. The van der Waals surface area contributed by atoms with Gasteiger partial charge >= 0.3 is 17.6 Å². The number of hydrogen-bond donors (Lipinski definition) is 2. The minimum Gasteiger partial charge on any atom is -0.477 e. The van der Waals surface area contributed by atoms with Crippen LogP contribution < -0.4 is 5.32 Å². The molecule has 2 aliphatic rings. The van der Waals surface area contributed by atoms with Crippen molar-refractivity contribution in [2.24, 2.45) is 0 Å². The molecule has 166 valence electrons. The summed E-state index contributed by atoms with van der Waals surface area (Å²) in [7, 11) is 0. The number of thioether (sulfide) groups is 1. The summed E-state index contributed by atoms with van der Waals surface area (Å²) in [5, 5.41) is 26.3. The van der Waals surface area contributed by atoms with Crippen LogP contribution in [-0.2, 0) is 30.5 Å². The highest BCUT2D eigenvalue weighted by molar-refractivity contribution is 8.00. The summed E-state index contributed by atoms with van der Waals surface area (Å²) < 4.78 is 6.19. The lowest BCUT2D eigenvalue weighted by Crippen LogP contribution is -2.70. The number of amides is 2. The first-order valence-corrected chi connectivity index (χ1v) is 10.2. The van der Waals surface area contributed by atoms with E-state index < -0.39 is 40.1 Å². The number of hydrogen-bond acceptors (Lipinski definition) is 9. The van der Waals surface area contributed by atoms with Crippen molar-refractivity contribution in [1.82, 2.24) is 20.0 Å². The quantitative estimate of drug-likeness (QED) is 0.232. The Hall–Kier alpha value is -3.42. The van der Waals surface area contributed by atoms with E-state index in [1.54, 1.807) is 0 Å². The molecule has 2 aliphatic heterocycles. The Bertz CT molecular complexity index is 1000. The van der Waals surface area contributed by atoms with E-state index in [4.69, 9.17) is 4.74 Å². The molecule has 1 fully saturated rings. The Morgan fingerprint density at radius 3 is 2.74 bits per heavy atom. The number of fused-ring (bicyclic) bond motifs is 1. The lowest BCUT2D eigenvalue weighted by Gasteiger charge is -2.49. The van der Waals surface area contributed by atoms with Crippen molar-refractivity contribution in [3.63, 3.8) is 0 Å². The number of carboxylic acid groups (broad SMARTS) is 1. The number of ether oxygens (including phenoxy) is 1. The molecule has 0 saturated carbocycles. The van der Waals surface area contributed by atoms with Crippen LogP contribution in [0.1, 0.15) is 19.0 Å². The van der Waals surface area contributed by atoms with Gasteiger partial charge in [0, 0.05) is 24.7 Å². The van der Waals surface area contributed by atoms with E-state index in [1.807, 2.05) is 0 Å². The van der Waals surface area contributed by atoms with Gasteiger partial charge in [-0.15, -0.1) is 11.8 Å². The fraction of sp³-hybridized carbons (Fsp3) is 0.471. The molecule has 1 aromatic heterocycles. The summed E-state index contributed by atoms with van der Waals surface area (Å²) >= 11 is 1.26. The topological polar surface area (TPSA) is 174 Å². The SMILES string of the molecule is CC(=O)OCC1=C(C(=O)O)N2C(=O)[C@H](NC(=O)CCn3ncc([N+](=O)[O-])c3C)[C@@H]2SC1. The minimum atomic E-state index is -1.32. The van der Waals surface area contributed by atoms with Crippen molar-refractivity contribution in [2.75, 3.05) is 12.4 Å². The number of rotatable bonds is 8. The highest BCUT2D eigenvalue weighted by Crippen LogP contribution is 2.40. The fourth-order valence-electron chi connectivity index (χ4n) is 3.28. The van der Waals surface area contributed by atoms with Gasteiger partial charge in [0.15, 0.2) is 0 Å². The van der Waals surface area contributed by atoms with Crippen LogP contribution >= 0.6 is 11.8 Å². The van der Waals surface area contributed by atoms with Crippen LogP contribution in [-0.4, -0.2) is 72.2 Å². The number of aryl methyl sites for hydroxylation is 1. The summed E-state index contributed by atoms with van der Waals surface area (Å²) in [5.41, 5.74) is 0.224. The zero-order valence-electron chi connectivity index (χ0n) is 16.6. The number of carbonyl (C=O) groups excluding carboxylic acids is 3. The van der Waals surface area contributed by atoms with Crippen LogP contribution in [0.15, 0.2) is 17.5 Å². The van der Waals surface area contributed by atoms with Crippen LogP contribution in [0.5, 0.6) is 0 Å². The van der Waals surface area contributed by atoms with Crippen LogP contribution in [0.25, 0.3) is 0 Å². The van der Waals surface area contributed by atoms with Gasteiger partial charge in [-0.05, 0) is 6.92 Å². The first kappa shape index (κ1) is 22.3. The second-order valence-electron chi connectivity index (χ2n) is 6.84. The number of carbonyl (C=O) groups is 4. The van der Waals surface area contributed by atoms with Crippen LogP contribution in [0.2, 0.25) is 0 Å². The number of nitro groups is 1. The van der Waals surface area contributed by atoms with Gasteiger partial charge in [-0.2, -0.15) is 5.10 Å². The zero-order chi connectivity index (χ0) is 22.9. The molecule has 2 atom stereocenters. The number of carboxylic acids is 1. The molecule has 0 bridgehead atoms. The normalized spacial score (nSPS) is 20.1. The molecular formula is C17H19N5O8S. The Balaban J connectivity index is 1.62. The van der Waals surface area contributed by atoms with Gasteiger partial charge in [0.2, 0.25) is 5.91 Å². The summed E-state index contributed by atoms with van der Waals surface area (Å²) in [6, 6.07) is -0.893. The number of nitrogens with zero attached hydrogens (tertiary/aromatic N) is 4. The van der Waals surface area contributed by atoms with Crippen LogP contribution in [0, 0.1) is 17.0 Å². The third-order valence-electron chi connectivity index (χ3n) is 4.84. The monoisotopic (exact) mass is 453 g/mol. The van der Waals surface area contributed by atoms with Gasteiger partial charge in [-0.1, -0.05) is 0 Å². The molecule has 0 unspecified atom stereocenters. The maximum Gasteiger partial charge on any atom is 0.352 e. The van der Waals surface area contributed by atoms with Crippen LogP contribution in [0.4, 0.5) is 5.69 Å². The third kappa shape index (κ3) is 4.38. The number of nitrogens with one attached hydrogen (secondary N) is 1. The van der Waals surface area contributed by atoms with Gasteiger partial charge in [-0.3, -0.25) is 34.1 Å². The smallest absolute Gasteiger partial charge is 0.352 e. The third-order valence-corrected chi connectivity index (χ3v) is 6.18. The molecule has 1 aromatic rings. The lowest BCUT2D eigenvalue weighted by molar-refractivity contribution is -0.385. The van der Waals surface area contributed by atoms with Crippen molar-refractivity contribution >= 4 is 41.2 Å². The van der Waals surface area contributed by atoms with E-state index in [0.29, 0.717) is 11.3 Å². The second kappa shape index (κ2) is 8.75. The molecular weight excluding hydrogens is 434 g/mol. The van der Waals surface area contributed by atoms with Gasteiger partial charge in [0.1, 0.15) is 35.6 Å². The van der Waals surface area contributed by atoms with E-state index in [9.17, 15) is 34.4 Å². The lowest BCUT2D eigenvalue weighted by atomic mass is 10.0. The second-order valence-corrected chi connectivity index (χ2v) is 7.94. The number of aliphatic carboxylic acids is 1. The van der Waals surface area contributed by atoms with Gasteiger partial charge in [0.25, 0.3) is 5.91 Å². The van der Waals surface area contributed by atoms with Crippen molar-refractivity contribution in [2.45, 2.75) is 38.2 Å². The Labute approximate surface area is 179 Å². The van der Waals surface area contributed by atoms with E-state index in [-0.39, 0.29) is 36.7 Å². The summed E-state index contributed by atoms with van der Waals surface area (Å²) in [6.45, 7) is 2.57. The number of β-lactam (4-membered cyclic amide) rings is 1. The number of aromatic nitrogens is 2. The van der Waals surface area contributed by atoms with E-state index in [0.717, 1.165) is 11.1 Å². The molecule has 31 heavy (non-hydrogen) atoms. The highest BCUT2D eigenvalue weighted by Gasteiger charge is 2.54. The Morgan fingerprint density at radius 2 is 2.16 bits per heavy atom. The first-order chi connectivity index (χ1) is 14.6. The summed E-state index contributed by atoms with van der Waals surface area (Å²) in [4.78, 5) is 58.9. The predicted octanol–water partition coefficient (Wildman–Crippen LogP) is -0.208. The zero-order valence-corrected chi connectivity index (χ0v) is 17.4. The minimum absolute atomic E-state index is 0.0693. The Morgan fingerprint density at radius 1 is 1.45 bits per heavy atom. The van der Waals surface area contributed by atoms with E-state index >= 15 is 0 Å². The molecule has 2 amide bonds. The maximum absolute atomic E-state index is 12.5. The molecule has 14 heteroatoms. The van der Waals surface area contributed by atoms with Gasteiger partial charge < -0.3 is 15.2 Å². The average Bonchev–Trinajstić information content (AvgIpc) is 3.08. The largest absolute Gasteiger partial charge is 0.477 e. The summed E-state index contributed by atoms with van der Waals surface area (Å²) in [6.07, 6.45) is 1.03. The molecule has 3 heterocycles. The van der Waals surface area contributed by atoms with Gasteiger partial charge in [0.05, 0.1) is 11.5 Å². The Kier molecular flexibility index (Phi) is 6.29. The van der Waals surface area contributed by atoms with Gasteiger partial charge in [-0.25, -0.2) is 4.79 Å².